The van der Waals surface area contributed by atoms with Gasteiger partial charge in [-0.25, -0.2) is 9.94 Å². The molecule has 2 aliphatic heterocycles. The summed E-state index contributed by atoms with van der Waals surface area (Å²) in [4.78, 5) is 31.2. The molecule has 4 aromatic rings. The van der Waals surface area contributed by atoms with E-state index in [4.69, 9.17) is 4.74 Å². The average Bonchev–Trinajstić information content (AvgIpc) is 3.81. The van der Waals surface area contributed by atoms with Crippen LogP contribution in [0.5, 0.6) is 0 Å². The van der Waals surface area contributed by atoms with Crippen LogP contribution in [0.3, 0.4) is 0 Å². The number of carbonyl (C=O) groups is 1. The van der Waals surface area contributed by atoms with Crippen LogP contribution in [0, 0.1) is 0 Å². The normalized spacial score (nSPS) is 23.4. The second-order valence-electron chi connectivity index (χ2n) is 12.4. The summed E-state index contributed by atoms with van der Waals surface area (Å²) in [5, 5.41) is 18.6. The van der Waals surface area contributed by atoms with E-state index in [1.807, 2.05) is 27.3 Å². The Morgan fingerprint density at radius 1 is 1.05 bits per heavy atom. The zero-order valence-corrected chi connectivity index (χ0v) is 25.0. The van der Waals surface area contributed by atoms with Gasteiger partial charge in [-0.05, 0) is 67.7 Å². The number of aryl methyl sites for hydroxylation is 1. The second-order valence-corrected chi connectivity index (χ2v) is 12.4. The predicted molar refractivity (Wildman–Crippen MR) is 167 cm³/mol. The predicted octanol–water partition coefficient (Wildman–Crippen LogP) is 4.35. The Hall–Kier alpha value is -4.15. The smallest absolute Gasteiger partial charge is 0.259 e. The zero-order valence-electron chi connectivity index (χ0n) is 25.0. The highest BCUT2D eigenvalue weighted by atomic mass is 16.5. The minimum absolute atomic E-state index is 0.00743. The van der Waals surface area contributed by atoms with E-state index in [-0.39, 0.29) is 42.2 Å². The van der Waals surface area contributed by atoms with Gasteiger partial charge in [-0.3, -0.25) is 14.2 Å². The average molecular weight is 595 g/mol. The first-order valence-corrected chi connectivity index (χ1v) is 15.8. The van der Waals surface area contributed by atoms with Crippen LogP contribution < -0.4 is 11.0 Å². The van der Waals surface area contributed by atoms with Gasteiger partial charge < -0.3 is 9.84 Å². The number of ether oxygens (including phenoxy) is 1. The number of carbonyl (C=O) groups excluding carboxylic acids is 1. The van der Waals surface area contributed by atoms with Crippen molar-refractivity contribution < 1.29 is 14.6 Å². The van der Waals surface area contributed by atoms with Crippen molar-refractivity contribution in [1.82, 2.24) is 24.6 Å². The van der Waals surface area contributed by atoms with E-state index in [1.165, 1.54) is 0 Å². The first-order valence-electron chi connectivity index (χ1n) is 15.8. The standard InChI is InChI=1S/C34H38N6O4/c1-2-6-30-28(18-22-9-10-26(23-7-4-3-5-8-23)27(17-22)29-19-31(42)38-37-29)32(43)39(33-35-21-36-40(30)33)24-11-14-34(15-12-24)16-13-25(20-41)44-34/h3-5,7-10,17,21,24-25,41H,2,6,11-16,18-20H2,1H3,(H,38,42). The number of aliphatic hydroxyl groups excluding tert-OH is 1. The van der Waals surface area contributed by atoms with Gasteiger partial charge in [0, 0.05) is 23.6 Å². The lowest BCUT2D eigenvalue weighted by atomic mass is 9.80. The lowest BCUT2D eigenvalue weighted by Crippen LogP contribution is -2.39. The SMILES string of the molecule is CCCc1c(Cc2ccc(-c3ccccc3)c(C3=NNC(=O)C3)c2)c(=O)n(C2CCC3(CCC(CO)O3)CC2)c2ncnn12. The Kier molecular flexibility index (Phi) is 7.63. The van der Waals surface area contributed by atoms with Gasteiger partial charge in [0.05, 0.1) is 36.1 Å². The molecule has 2 aromatic carbocycles. The van der Waals surface area contributed by atoms with Gasteiger partial charge >= 0.3 is 0 Å². The molecular weight excluding hydrogens is 556 g/mol. The number of fused-ring (bicyclic) bond motifs is 1. The molecule has 2 fully saturated rings. The molecule has 7 rings (SSSR count). The van der Waals surface area contributed by atoms with Gasteiger partial charge in [0.2, 0.25) is 11.7 Å². The van der Waals surface area contributed by atoms with Crippen LogP contribution in [0.4, 0.5) is 0 Å². The summed E-state index contributed by atoms with van der Waals surface area (Å²) in [5.74, 6) is 0.465. The molecule has 1 atom stereocenters. The van der Waals surface area contributed by atoms with E-state index in [0.29, 0.717) is 24.3 Å². The van der Waals surface area contributed by atoms with E-state index in [2.05, 4.69) is 57.9 Å². The van der Waals surface area contributed by atoms with Crippen LogP contribution in [0.15, 0.2) is 64.8 Å². The number of benzene rings is 2. The van der Waals surface area contributed by atoms with Crippen LogP contribution >= 0.6 is 0 Å². The molecule has 1 amide bonds. The first kappa shape index (κ1) is 28.6. The summed E-state index contributed by atoms with van der Waals surface area (Å²) in [7, 11) is 0. The lowest BCUT2D eigenvalue weighted by Gasteiger charge is -2.37. The van der Waals surface area contributed by atoms with Crippen molar-refractivity contribution in [2.75, 3.05) is 6.61 Å². The van der Waals surface area contributed by atoms with Crippen molar-refractivity contribution in [3.8, 4) is 11.1 Å². The summed E-state index contributed by atoms with van der Waals surface area (Å²) < 4.78 is 10.0. The lowest BCUT2D eigenvalue weighted by molar-refractivity contribution is -0.119. The van der Waals surface area contributed by atoms with Crippen molar-refractivity contribution in [1.29, 1.82) is 0 Å². The molecule has 1 saturated carbocycles. The monoisotopic (exact) mass is 594 g/mol. The molecule has 228 valence electrons. The number of nitrogens with one attached hydrogen (secondary N) is 1. The Labute approximate surface area is 255 Å². The van der Waals surface area contributed by atoms with E-state index < -0.39 is 0 Å². The molecule has 1 aliphatic carbocycles. The fraction of sp³-hybridized carbons (Fsp3) is 0.441. The molecule has 0 radical (unpaired) electrons. The number of hydrogen-bond acceptors (Lipinski definition) is 7. The maximum absolute atomic E-state index is 14.5. The maximum atomic E-state index is 14.5. The van der Waals surface area contributed by atoms with E-state index in [0.717, 1.165) is 78.5 Å². The van der Waals surface area contributed by atoms with Crippen molar-refractivity contribution in [2.45, 2.75) is 88.9 Å². The molecule has 0 bridgehead atoms. The highest BCUT2D eigenvalue weighted by Gasteiger charge is 2.43. The van der Waals surface area contributed by atoms with Crippen LogP contribution in [-0.2, 0) is 22.4 Å². The summed E-state index contributed by atoms with van der Waals surface area (Å²) >= 11 is 0. The van der Waals surface area contributed by atoms with Gasteiger partial charge in [0.1, 0.15) is 6.33 Å². The Morgan fingerprint density at radius 3 is 2.55 bits per heavy atom. The number of hydrazone groups is 1. The minimum atomic E-state index is -0.196. The number of hydrogen-bond donors (Lipinski definition) is 2. The fourth-order valence-corrected chi connectivity index (χ4v) is 7.39. The Balaban J connectivity index is 1.28. The molecule has 10 nitrogen and oxygen atoms in total. The zero-order chi connectivity index (χ0) is 30.3. The maximum Gasteiger partial charge on any atom is 0.259 e. The molecule has 2 N–H and O–H groups in total. The Morgan fingerprint density at radius 2 is 1.84 bits per heavy atom. The topological polar surface area (TPSA) is 123 Å². The summed E-state index contributed by atoms with van der Waals surface area (Å²) in [5.41, 5.74) is 8.59. The molecule has 3 aliphatic rings. The van der Waals surface area contributed by atoms with Gasteiger partial charge in [-0.15, -0.1) is 0 Å². The number of rotatable bonds is 8. The third-order valence-electron chi connectivity index (χ3n) is 9.59. The molecule has 1 saturated heterocycles. The molecule has 2 aromatic heterocycles. The number of amides is 1. The first-order chi connectivity index (χ1) is 21.5. The third kappa shape index (κ3) is 5.16. The summed E-state index contributed by atoms with van der Waals surface area (Å²) in [6.07, 6.45) is 8.83. The Bertz CT molecular complexity index is 1780. The van der Waals surface area contributed by atoms with Crippen LogP contribution in [0.1, 0.15) is 86.7 Å². The minimum Gasteiger partial charge on any atom is -0.394 e. The highest BCUT2D eigenvalue weighted by molar-refractivity contribution is 6.16. The van der Waals surface area contributed by atoms with Crippen LogP contribution in [-0.4, -0.2) is 54.2 Å². The van der Waals surface area contributed by atoms with Crippen molar-refractivity contribution in [3.05, 3.63) is 87.6 Å². The van der Waals surface area contributed by atoms with Crippen LogP contribution in [0.25, 0.3) is 16.9 Å². The summed E-state index contributed by atoms with van der Waals surface area (Å²) in [6.45, 7) is 2.16. The van der Waals surface area contributed by atoms with Gasteiger partial charge in [0.25, 0.3) is 5.56 Å². The third-order valence-corrected chi connectivity index (χ3v) is 9.59. The van der Waals surface area contributed by atoms with Gasteiger partial charge in [-0.2, -0.15) is 15.2 Å². The number of aromatic nitrogens is 4. The van der Waals surface area contributed by atoms with E-state index >= 15 is 0 Å². The molecular formula is C34H38N6O4. The number of aliphatic hydroxyl groups is 1. The molecule has 10 heteroatoms. The van der Waals surface area contributed by atoms with E-state index in [1.54, 1.807) is 6.33 Å². The van der Waals surface area contributed by atoms with Gasteiger partial charge in [0.15, 0.2) is 0 Å². The van der Waals surface area contributed by atoms with E-state index in [9.17, 15) is 14.7 Å². The highest BCUT2D eigenvalue weighted by Crippen LogP contribution is 2.45. The summed E-state index contributed by atoms with van der Waals surface area (Å²) in [6, 6.07) is 16.3. The van der Waals surface area contributed by atoms with Crippen molar-refractivity contribution in [3.63, 3.8) is 0 Å². The van der Waals surface area contributed by atoms with Gasteiger partial charge in [-0.1, -0.05) is 55.8 Å². The van der Waals surface area contributed by atoms with Crippen molar-refractivity contribution >= 4 is 17.4 Å². The quantitative estimate of drug-likeness (QED) is 0.313. The molecule has 44 heavy (non-hydrogen) atoms. The second kappa shape index (κ2) is 11.7. The fourth-order valence-electron chi connectivity index (χ4n) is 7.39. The number of nitrogens with zero attached hydrogens (tertiary/aromatic N) is 5. The molecule has 1 spiro atoms. The largest absolute Gasteiger partial charge is 0.394 e. The molecule has 4 heterocycles. The van der Waals surface area contributed by atoms with Crippen molar-refractivity contribution in [2.24, 2.45) is 5.10 Å². The molecule has 1 unspecified atom stereocenters. The van der Waals surface area contributed by atoms with Crippen LogP contribution in [0.2, 0.25) is 0 Å².